The highest BCUT2D eigenvalue weighted by atomic mass is 15.2. The summed E-state index contributed by atoms with van der Waals surface area (Å²) in [5, 5.41) is 0. The molecule has 1 fully saturated rings. The second kappa shape index (κ2) is 6.17. The van der Waals surface area contributed by atoms with Crippen molar-refractivity contribution in [3.8, 4) is 0 Å². The molecule has 1 aromatic rings. The van der Waals surface area contributed by atoms with Crippen LogP contribution in [-0.2, 0) is 0 Å². The van der Waals surface area contributed by atoms with Gasteiger partial charge in [0, 0.05) is 25.0 Å². The molecule has 1 aromatic heterocycles. The zero-order valence-electron chi connectivity index (χ0n) is 11.9. The third-order valence-corrected chi connectivity index (χ3v) is 3.83. The Morgan fingerprint density at radius 3 is 2.67 bits per heavy atom. The second-order valence-corrected chi connectivity index (χ2v) is 5.90. The van der Waals surface area contributed by atoms with E-state index in [4.69, 9.17) is 0 Å². The highest BCUT2D eigenvalue weighted by Crippen LogP contribution is 2.25. The molecule has 0 aromatic carbocycles. The van der Waals surface area contributed by atoms with E-state index >= 15 is 0 Å². The lowest BCUT2D eigenvalue weighted by atomic mass is 9.90. The van der Waals surface area contributed by atoms with Gasteiger partial charge >= 0.3 is 0 Å². The predicted octanol–water partition coefficient (Wildman–Crippen LogP) is 3.44. The van der Waals surface area contributed by atoms with Crippen molar-refractivity contribution < 1.29 is 0 Å². The standard InChI is InChI=1S/C15H25N3/c1-12(2)4-5-14-7-10-18(11-8-14)15-16-9-6-13(3)17-15/h6,9,12,14H,4-5,7-8,10-11H2,1-3H3. The number of aromatic nitrogens is 2. The van der Waals surface area contributed by atoms with Crippen LogP contribution in [0.4, 0.5) is 5.95 Å². The van der Waals surface area contributed by atoms with Gasteiger partial charge in [0.15, 0.2) is 0 Å². The molecule has 3 nitrogen and oxygen atoms in total. The van der Waals surface area contributed by atoms with E-state index in [0.29, 0.717) is 0 Å². The average molecular weight is 247 g/mol. The molecule has 0 unspecified atom stereocenters. The zero-order valence-corrected chi connectivity index (χ0v) is 11.9. The van der Waals surface area contributed by atoms with Crippen LogP contribution in [0.25, 0.3) is 0 Å². The van der Waals surface area contributed by atoms with Gasteiger partial charge in [0.25, 0.3) is 0 Å². The number of aryl methyl sites for hydroxylation is 1. The Kier molecular flexibility index (Phi) is 4.56. The van der Waals surface area contributed by atoms with E-state index in [1.807, 2.05) is 19.2 Å². The molecule has 18 heavy (non-hydrogen) atoms. The highest BCUT2D eigenvalue weighted by molar-refractivity contribution is 5.30. The van der Waals surface area contributed by atoms with Gasteiger partial charge in [-0.2, -0.15) is 0 Å². The van der Waals surface area contributed by atoms with Crippen LogP contribution >= 0.6 is 0 Å². The van der Waals surface area contributed by atoms with E-state index in [1.54, 1.807) is 0 Å². The lowest BCUT2D eigenvalue weighted by Crippen LogP contribution is -2.35. The Bertz CT molecular complexity index is 368. The van der Waals surface area contributed by atoms with Crippen molar-refractivity contribution in [2.45, 2.75) is 46.5 Å². The van der Waals surface area contributed by atoms with Crippen LogP contribution in [0.15, 0.2) is 12.3 Å². The van der Waals surface area contributed by atoms with Crippen molar-refractivity contribution in [3.05, 3.63) is 18.0 Å². The fourth-order valence-corrected chi connectivity index (χ4v) is 2.58. The van der Waals surface area contributed by atoms with Crippen molar-refractivity contribution >= 4 is 5.95 Å². The maximum Gasteiger partial charge on any atom is 0.225 e. The first-order valence-corrected chi connectivity index (χ1v) is 7.19. The molecule has 0 radical (unpaired) electrons. The topological polar surface area (TPSA) is 29.0 Å². The summed E-state index contributed by atoms with van der Waals surface area (Å²) in [5.41, 5.74) is 1.06. The third-order valence-electron chi connectivity index (χ3n) is 3.83. The van der Waals surface area contributed by atoms with Gasteiger partial charge in [-0.05, 0) is 37.7 Å². The molecule has 1 saturated heterocycles. The minimum atomic E-state index is 0.836. The van der Waals surface area contributed by atoms with E-state index in [-0.39, 0.29) is 0 Å². The molecular weight excluding hydrogens is 222 g/mol. The van der Waals surface area contributed by atoms with Gasteiger partial charge in [0.1, 0.15) is 0 Å². The zero-order chi connectivity index (χ0) is 13.0. The van der Waals surface area contributed by atoms with Crippen LogP contribution in [-0.4, -0.2) is 23.1 Å². The van der Waals surface area contributed by atoms with Gasteiger partial charge < -0.3 is 4.90 Å². The quantitative estimate of drug-likeness (QED) is 0.816. The molecule has 0 N–H and O–H groups in total. The van der Waals surface area contributed by atoms with E-state index in [0.717, 1.165) is 36.6 Å². The molecule has 0 saturated carbocycles. The molecule has 100 valence electrons. The normalized spacial score (nSPS) is 17.4. The van der Waals surface area contributed by atoms with E-state index < -0.39 is 0 Å². The molecule has 1 aliphatic rings. The number of rotatable bonds is 4. The summed E-state index contributed by atoms with van der Waals surface area (Å²) in [6.07, 6.45) is 7.21. The number of hydrogen-bond donors (Lipinski definition) is 0. The lowest BCUT2D eigenvalue weighted by molar-refractivity contribution is 0.350. The summed E-state index contributed by atoms with van der Waals surface area (Å²) in [4.78, 5) is 11.2. The van der Waals surface area contributed by atoms with Crippen molar-refractivity contribution in [3.63, 3.8) is 0 Å². The Labute approximate surface area is 111 Å². The smallest absolute Gasteiger partial charge is 0.225 e. The van der Waals surface area contributed by atoms with E-state index in [1.165, 1.54) is 25.7 Å². The van der Waals surface area contributed by atoms with Crippen LogP contribution in [0.3, 0.4) is 0 Å². The monoisotopic (exact) mass is 247 g/mol. The Hall–Kier alpha value is -1.12. The third kappa shape index (κ3) is 3.69. The van der Waals surface area contributed by atoms with Crippen LogP contribution < -0.4 is 4.90 Å². The molecular formula is C15H25N3. The van der Waals surface area contributed by atoms with Gasteiger partial charge in [-0.25, -0.2) is 9.97 Å². The van der Waals surface area contributed by atoms with Crippen LogP contribution in [0.1, 0.15) is 45.2 Å². The Morgan fingerprint density at radius 1 is 1.33 bits per heavy atom. The van der Waals surface area contributed by atoms with Crippen molar-refractivity contribution in [1.29, 1.82) is 0 Å². The minimum Gasteiger partial charge on any atom is -0.341 e. The SMILES string of the molecule is Cc1ccnc(N2CCC(CCC(C)C)CC2)n1. The number of piperidine rings is 1. The molecule has 1 aliphatic heterocycles. The number of nitrogens with zero attached hydrogens (tertiary/aromatic N) is 3. The molecule has 2 rings (SSSR count). The molecule has 2 heterocycles. The van der Waals surface area contributed by atoms with Gasteiger partial charge in [-0.1, -0.05) is 26.7 Å². The maximum absolute atomic E-state index is 4.51. The summed E-state index contributed by atoms with van der Waals surface area (Å²) in [6, 6.07) is 1.96. The van der Waals surface area contributed by atoms with E-state index in [2.05, 4.69) is 28.7 Å². The van der Waals surface area contributed by atoms with Gasteiger partial charge in [0.2, 0.25) is 5.95 Å². The Balaban J connectivity index is 1.83. The van der Waals surface area contributed by atoms with Crippen LogP contribution in [0.2, 0.25) is 0 Å². The van der Waals surface area contributed by atoms with Crippen LogP contribution in [0.5, 0.6) is 0 Å². The van der Waals surface area contributed by atoms with Gasteiger partial charge in [-0.15, -0.1) is 0 Å². The summed E-state index contributed by atoms with van der Waals surface area (Å²) >= 11 is 0. The van der Waals surface area contributed by atoms with Crippen LogP contribution in [0, 0.1) is 18.8 Å². The second-order valence-electron chi connectivity index (χ2n) is 5.90. The van der Waals surface area contributed by atoms with Gasteiger partial charge in [0.05, 0.1) is 0 Å². The first-order valence-electron chi connectivity index (χ1n) is 7.19. The molecule has 0 amide bonds. The summed E-state index contributed by atoms with van der Waals surface area (Å²) in [6.45, 7) is 8.89. The summed E-state index contributed by atoms with van der Waals surface area (Å²) in [5.74, 6) is 2.66. The Morgan fingerprint density at radius 2 is 2.06 bits per heavy atom. The predicted molar refractivity (Wildman–Crippen MR) is 75.8 cm³/mol. The minimum absolute atomic E-state index is 0.836. The van der Waals surface area contributed by atoms with Gasteiger partial charge in [-0.3, -0.25) is 0 Å². The highest BCUT2D eigenvalue weighted by Gasteiger charge is 2.20. The number of anilines is 1. The first kappa shape index (κ1) is 13.3. The molecule has 0 spiro atoms. The fourth-order valence-electron chi connectivity index (χ4n) is 2.58. The fraction of sp³-hybridized carbons (Fsp3) is 0.733. The summed E-state index contributed by atoms with van der Waals surface area (Å²) < 4.78 is 0. The molecule has 0 bridgehead atoms. The van der Waals surface area contributed by atoms with Crippen molar-refractivity contribution in [2.24, 2.45) is 11.8 Å². The van der Waals surface area contributed by atoms with Crippen molar-refractivity contribution in [2.75, 3.05) is 18.0 Å². The lowest BCUT2D eigenvalue weighted by Gasteiger charge is -2.32. The number of hydrogen-bond acceptors (Lipinski definition) is 3. The average Bonchev–Trinajstić information content (AvgIpc) is 2.37. The van der Waals surface area contributed by atoms with E-state index in [9.17, 15) is 0 Å². The van der Waals surface area contributed by atoms with Crippen molar-refractivity contribution in [1.82, 2.24) is 9.97 Å². The summed E-state index contributed by atoms with van der Waals surface area (Å²) in [7, 11) is 0. The molecule has 3 heteroatoms. The molecule has 0 atom stereocenters. The largest absolute Gasteiger partial charge is 0.341 e. The first-order chi connectivity index (χ1) is 8.65. The maximum atomic E-state index is 4.51. The molecule has 0 aliphatic carbocycles.